The zero-order valence-electron chi connectivity index (χ0n) is 10.2. The molecule has 0 aliphatic carbocycles. The van der Waals surface area contributed by atoms with Crippen LogP contribution in [0.1, 0.15) is 21.7 Å². The van der Waals surface area contributed by atoms with E-state index < -0.39 is 17.2 Å². The van der Waals surface area contributed by atoms with Gasteiger partial charge in [-0.25, -0.2) is 4.79 Å². The molecule has 102 valence electrons. The highest BCUT2D eigenvalue weighted by Crippen LogP contribution is 2.25. The van der Waals surface area contributed by atoms with Crippen LogP contribution in [-0.2, 0) is 6.54 Å². The fraction of sp³-hybridized carbons (Fsp3) is 0.364. The Bertz CT molecular complexity index is 756. The Kier molecular flexibility index (Phi) is 3.54. The number of hydrogen-bond acceptors (Lipinski definition) is 5. The van der Waals surface area contributed by atoms with Gasteiger partial charge in [0.15, 0.2) is 0 Å². The molecule has 7 nitrogen and oxygen atoms in total. The molecule has 8 heteroatoms. The van der Waals surface area contributed by atoms with Crippen LogP contribution in [0.4, 0.5) is 0 Å². The number of aromatic nitrogens is 2. The van der Waals surface area contributed by atoms with Crippen LogP contribution in [0.15, 0.2) is 9.59 Å². The van der Waals surface area contributed by atoms with Gasteiger partial charge in [-0.15, -0.1) is 11.3 Å². The van der Waals surface area contributed by atoms with E-state index in [1.54, 1.807) is 6.92 Å². The lowest BCUT2D eigenvalue weighted by molar-refractivity contribution is 0.100. The van der Waals surface area contributed by atoms with E-state index in [0.29, 0.717) is 22.2 Å². The van der Waals surface area contributed by atoms with Crippen LogP contribution >= 0.6 is 11.3 Å². The molecule has 19 heavy (non-hydrogen) atoms. The third-order valence-electron chi connectivity index (χ3n) is 2.84. The highest BCUT2D eigenvalue weighted by atomic mass is 32.1. The number of nitrogens with one attached hydrogen (secondary N) is 1. The first-order chi connectivity index (χ1) is 8.97. The van der Waals surface area contributed by atoms with Crippen LogP contribution in [0.25, 0.3) is 10.2 Å². The Morgan fingerprint density at radius 3 is 2.74 bits per heavy atom. The maximum atomic E-state index is 12.2. The summed E-state index contributed by atoms with van der Waals surface area (Å²) in [5.74, 6) is -0.624. The molecule has 0 aliphatic heterocycles. The van der Waals surface area contributed by atoms with Crippen molar-refractivity contribution in [3.63, 3.8) is 0 Å². The van der Waals surface area contributed by atoms with Crippen molar-refractivity contribution in [1.29, 1.82) is 0 Å². The molecule has 0 unspecified atom stereocenters. The molecule has 2 rings (SSSR count). The second kappa shape index (κ2) is 4.98. The summed E-state index contributed by atoms with van der Waals surface area (Å²) in [6.45, 7) is 1.63. The van der Waals surface area contributed by atoms with Crippen molar-refractivity contribution in [2.75, 3.05) is 6.61 Å². The number of carbonyl (C=O) groups excluding carboxylic acids is 1. The molecular formula is C11H13N3O4S. The van der Waals surface area contributed by atoms with E-state index >= 15 is 0 Å². The summed E-state index contributed by atoms with van der Waals surface area (Å²) in [6, 6.07) is 0. The van der Waals surface area contributed by atoms with Gasteiger partial charge in [0.05, 0.1) is 10.3 Å². The molecule has 0 saturated heterocycles. The van der Waals surface area contributed by atoms with Crippen LogP contribution in [0, 0.1) is 6.92 Å². The van der Waals surface area contributed by atoms with Crippen LogP contribution in [0.5, 0.6) is 0 Å². The molecule has 0 saturated carbocycles. The number of thiophene rings is 1. The number of nitrogens with zero attached hydrogens (tertiary/aromatic N) is 1. The molecule has 0 radical (unpaired) electrons. The van der Waals surface area contributed by atoms with E-state index in [-0.39, 0.29) is 18.0 Å². The molecule has 4 N–H and O–H groups in total. The molecule has 0 aliphatic rings. The minimum Gasteiger partial charge on any atom is -0.396 e. The number of nitrogens with two attached hydrogens (primary N) is 1. The summed E-state index contributed by atoms with van der Waals surface area (Å²) < 4.78 is 1.02. The van der Waals surface area contributed by atoms with E-state index in [2.05, 4.69) is 4.98 Å². The summed E-state index contributed by atoms with van der Waals surface area (Å²) >= 11 is 1.00. The maximum absolute atomic E-state index is 12.2. The Morgan fingerprint density at radius 2 is 2.16 bits per heavy atom. The molecule has 0 atom stereocenters. The predicted octanol–water partition coefficient (Wildman–Crippen LogP) is -0.459. The molecule has 2 heterocycles. The van der Waals surface area contributed by atoms with Crippen molar-refractivity contribution in [1.82, 2.24) is 9.55 Å². The van der Waals surface area contributed by atoms with E-state index in [0.717, 1.165) is 15.9 Å². The Morgan fingerprint density at radius 1 is 1.47 bits per heavy atom. The van der Waals surface area contributed by atoms with Gasteiger partial charge in [-0.05, 0) is 18.9 Å². The first-order valence-corrected chi connectivity index (χ1v) is 6.46. The third-order valence-corrected chi connectivity index (χ3v) is 4.06. The first kappa shape index (κ1) is 13.5. The van der Waals surface area contributed by atoms with E-state index in [4.69, 9.17) is 10.8 Å². The van der Waals surface area contributed by atoms with Gasteiger partial charge in [0.25, 0.3) is 11.5 Å². The normalized spacial score (nSPS) is 11.1. The zero-order valence-corrected chi connectivity index (χ0v) is 11.0. The smallest absolute Gasteiger partial charge is 0.329 e. The molecule has 1 amide bonds. The summed E-state index contributed by atoms with van der Waals surface area (Å²) in [7, 11) is 0. The lowest BCUT2D eigenvalue weighted by atomic mass is 10.2. The van der Waals surface area contributed by atoms with Crippen molar-refractivity contribution in [2.24, 2.45) is 5.73 Å². The second-order valence-electron chi connectivity index (χ2n) is 4.09. The van der Waals surface area contributed by atoms with Crippen LogP contribution < -0.4 is 17.0 Å². The average Bonchev–Trinajstić information content (AvgIpc) is 2.66. The monoisotopic (exact) mass is 283 g/mol. The highest BCUT2D eigenvalue weighted by Gasteiger charge is 2.18. The zero-order chi connectivity index (χ0) is 14.2. The van der Waals surface area contributed by atoms with Crippen LogP contribution in [0.3, 0.4) is 0 Å². The number of rotatable bonds is 4. The number of amides is 1. The SMILES string of the molecule is Cc1c(C(N)=O)sc2[nH]c(=O)n(CCCO)c(=O)c12. The fourth-order valence-electron chi connectivity index (χ4n) is 1.92. The van der Waals surface area contributed by atoms with E-state index in [1.807, 2.05) is 0 Å². The quantitative estimate of drug-likeness (QED) is 0.703. The number of H-pyrrole nitrogens is 1. The topological polar surface area (TPSA) is 118 Å². The number of aliphatic hydroxyl groups is 1. The van der Waals surface area contributed by atoms with Crippen molar-refractivity contribution in [3.05, 3.63) is 31.3 Å². The Labute approximate surface area is 111 Å². The summed E-state index contributed by atoms with van der Waals surface area (Å²) in [5, 5.41) is 9.07. The number of aryl methyl sites for hydroxylation is 1. The molecule has 0 aromatic carbocycles. The average molecular weight is 283 g/mol. The van der Waals surface area contributed by atoms with Crippen molar-refractivity contribution < 1.29 is 9.90 Å². The number of aliphatic hydroxyl groups excluding tert-OH is 1. The minimum atomic E-state index is -0.624. The van der Waals surface area contributed by atoms with Crippen LogP contribution in [-0.4, -0.2) is 27.2 Å². The number of fused-ring (bicyclic) bond motifs is 1. The summed E-state index contributed by atoms with van der Waals surface area (Å²) in [5.41, 5.74) is 4.68. The van der Waals surface area contributed by atoms with Gasteiger partial charge in [0.2, 0.25) is 0 Å². The van der Waals surface area contributed by atoms with Gasteiger partial charge < -0.3 is 10.8 Å². The number of carbonyl (C=O) groups is 1. The molecule has 0 bridgehead atoms. The van der Waals surface area contributed by atoms with Crippen molar-refractivity contribution >= 4 is 27.5 Å². The van der Waals surface area contributed by atoms with Crippen LogP contribution in [0.2, 0.25) is 0 Å². The van der Waals surface area contributed by atoms with Crippen molar-refractivity contribution in [3.8, 4) is 0 Å². The Hall–Kier alpha value is -1.93. The van der Waals surface area contributed by atoms with E-state index in [1.165, 1.54) is 0 Å². The molecule has 0 spiro atoms. The van der Waals surface area contributed by atoms with Gasteiger partial charge in [-0.3, -0.25) is 19.1 Å². The number of hydrogen-bond donors (Lipinski definition) is 3. The highest BCUT2D eigenvalue weighted by molar-refractivity contribution is 7.20. The predicted molar refractivity (Wildman–Crippen MR) is 71.7 cm³/mol. The van der Waals surface area contributed by atoms with Gasteiger partial charge in [-0.1, -0.05) is 0 Å². The largest absolute Gasteiger partial charge is 0.396 e. The van der Waals surface area contributed by atoms with Crippen molar-refractivity contribution in [2.45, 2.75) is 19.9 Å². The standard InChI is InChI=1S/C11H13N3O4S/c1-5-6-9(19-7(5)8(12)16)13-11(18)14(10(6)17)3-2-4-15/h15H,2-4H2,1H3,(H2,12,16)(H,13,18). The lowest BCUT2D eigenvalue weighted by Crippen LogP contribution is -2.35. The first-order valence-electron chi connectivity index (χ1n) is 5.64. The Balaban J connectivity index is 2.76. The molecule has 0 fully saturated rings. The van der Waals surface area contributed by atoms with Gasteiger partial charge in [0, 0.05) is 13.2 Å². The number of primary amides is 1. The van der Waals surface area contributed by atoms with Gasteiger partial charge in [0.1, 0.15) is 4.83 Å². The minimum absolute atomic E-state index is 0.112. The molecule has 2 aromatic rings. The van der Waals surface area contributed by atoms with Gasteiger partial charge in [-0.2, -0.15) is 0 Å². The summed E-state index contributed by atoms with van der Waals surface area (Å²) in [6.07, 6.45) is 0.306. The van der Waals surface area contributed by atoms with E-state index in [9.17, 15) is 14.4 Å². The molecular weight excluding hydrogens is 270 g/mol. The maximum Gasteiger partial charge on any atom is 0.329 e. The third kappa shape index (κ3) is 2.20. The second-order valence-corrected chi connectivity index (χ2v) is 5.11. The fourth-order valence-corrected chi connectivity index (χ4v) is 2.96. The van der Waals surface area contributed by atoms with Gasteiger partial charge >= 0.3 is 5.69 Å². The number of aromatic amines is 1. The summed E-state index contributed by atoms with van der Waals surface area (Å²) in [4.78, 5) is 38.4. The molecule has 2 aromatic heterocycles. The lowest BCUT2D eigenvalue weighted by Gasteiger charge is -2.03.